The van der Waals surface area contributed by atoms with Crippen LogP contribution in [0.5, 0.6) is 0 Å². The SMILES string of the molecule is Cn1ccc(-c2ccc(Cc3cc(C(=O)N[C@H]4CCC[C@@H]4O)nc4ccsc34)cc2)n1. The number of hydrogen-bond acceptors (Lipinski definition) is 5. The van der Waals surface area contributed by atoms with Gasteiger partial charge in [0, 0.05) is 18.8 Å². The lowest BCUT2D eigenvalue weighted by Crippen LogP contribution is -2.40. The summed E-state index contributed by atoms with van der Waals surface area (Å²) < 4.78 is 2.90. The van der Waals surface area contributed by atoms with Crippen LogP contribution in [0, 0.1) is 0 Å². The lowest BCUT2D eigenvalue weighted by molar-refractivity contribution is 0.0868. The van der Waals surface area contributed by atoms with Gasteiger partial charge in [-0.1, -0.05) is 24.3 Å². The first kappa shape index (κ1) is 19.9. The van der Waals surface area contributed by atoms with Gasteiger partial charge in [-0.05, 0) is 60.4 Å². The molecule has 3 heterocycles. The Bertz CT molecular complexity index is 1230. The third-order valence-corrected chi connectivity index (χ3v) is 6.85. The molecule has 1 fully saturated rings. The number of hydrogen-bond donors (Lipinski definition) is 2. The maximum atomic E-state index is 12.8. The van der Waals surface area contributed by atoms with Crippen LogP contribution in [-0.4, -0.2) is 37.9 Å². The van der Waals surface area contributed by atoms with Gasteiger partial charge in [0.2, 0.25) is 0 Å². The summed E-state index contributed by atoms with van der Waals surface area (Å²) >= 11 is 1.64. The molecule has 3 aromatic heterocycles. The molecule has 0 aliphatic heterocycles. The summed E-state index contributed by atoms with van der Waals surface area (Å²) in [5, 5.41) is 19.5. The van der Waals surface area contributed by atoms with E-state index in [2.05, 4.69) is 39.7 Å². The summed E-state index contributed by atoms with van der Waals surface area (Å²) in [5.41, 5.74) is 5.53. The number of thiophene rings is 1. The first-order chi connectivity index (χ1) is 15.1. The van der Waals surface area contributed by atoms with Crippen LogP contribution in [0.25, 0.3) is 21.5 Å². The Kier molecular flexibility index (Phi) is 5.29. The Labute approximate surface area is 184 Å². The number of pyridine rings is 1. The Balaban J connectivity index is 1.40. The molecule has 0 saturated heterocycles. The smallest absolute Gasteiger partial charge is 0.270 e. The largest absolute Gasteiger partial charge is 0.391 e. The number of benzene rings is 1. The van der Waals surface area contributed by atoms with Gasteiger partial charge in [0.05, 0.1) is 28.1 Å². The molecule has 7 heteroatoms. The van der Waals surface area contributed by atoms with Gasteiger partial charge < -0.3 is 10.4 Å². The van der Waals surface area contributed by atoms with Crippen molar-refractivity contribution in [2.45, 2.75) is 37.8 Å². The van der Waals surface area contributed by atoms with Gasteiger partial charge in [0.1, 0.15) is 5.69 Å². The second-order valence-corrected chi connectivity index (χ2v) is 9.04. The fraction of sp³-hybridized carbons (Fsp3) is 0.292. The van der Waals surface area contributed by atoms with Gasteiger partial charge in [0.25, 0.3) is 5.91 Å². The number of rotatable bonds is 5. The molecule has 0 radical (unpaired) electrons. The van der Waals surface area contributed by atoms with Crippen molar-refractivity contribution >= 4 is 27.5 Å². The topological polar surface area (TPSA) is 80.0 Å². The minimum absolute atomic E-state index is 0.185. The molecular weight excluding hydrogens is 408 g/mol. The monoisotopic (exact) mass is 432 g/mol. The molecule has 1 aromatic carbocycles. The third-order valence-electron chi connectivity index (χ3n) is 5.87. The van der Waals surface area contributed by atoms with Gasteiger partial charge in [-0.3, -0.25) is 9.48 Å². The predicted molar refractivity (Wildman–Crippen MR) is 122 cm³/mol. The average Bonchev–Trinajstić information content (AvgIpc) is 3.50. The van der Waals surface area contributed by atoms with Gasteiger partial charge in [0.15, 0.2) is 0 Å². The molecular formula is C24H24N4O2S. The van der Waals surface area contributed by atoms with Gasteiger partial charge in [-0.2, -0.15) is 5.10 Å². The summed E-state index contributed by atoms with van der Waals surface area (Å²) in [4.78, 5) is 17.4. The quantitative estimate of drug-likeness (QED) is 0.501. The van der Waals surface area contributed by atoms with E-state index >= 15 is 0 Å². The van der Waals surface area contributed by atoms with Gasteiger partial charge in [-0.25, -0.2) is 4.98 Å². The zero-order chi connectivity index (χ0) is 21.4. The molecule has 0 unspecified atom stereocenters. The first-order valence-corrected chi connectivity index (χ1v) is 11.4. The van der Waals surface area contributed by atoms with E-state index < -0.39 is 6.10 Å². The van der Waals surface area contributed by atoms with E-state index in [9.17, 15) is 9.90 Å². The highest BCUT2D eigenvalue weighted by Gasteiger charge is 2.27. The van der Waals surface area contributed by atoms with E-state index in [0.29, 0.717) is 12.1 Å². The second kappa shape index (κ2) is 8.24. The zero-order valence-electron chi connectivity index (χ0n) is 17.3. The van der Waals surface area contributed by atoms with Crippen LogP contribution in [0.3, 0.4) is 0 Å². The van der Waals surface area contributed by atoms with Crippen LogP contribution in [-0.2, 0) is 13.5 Å². The molecule has 4 aromatic rings. The fourth-order valence-corrected chi connectivity index (χ4v) is 5.05. The summed E-state index contributed by atoms with van der Waals surface area (Å²) in [6.45, 7) is 0. The Morgan fingerprint density at radius 3 is 2.77 bits per heavy atom. The number of aryl methyl sites for hydroxylation is 1. The number of amides is 1. The minimum atomic E-state index is -0.467. The first-order valence-electron chi connectivity index (χ1n) is 10.5. The van der Waals surface area contributed by atoms with Crippen molar-refractivity contribution in [3.05, 3.63) is 70.9 Å². The van der Waals surface area contributed by atoms with Gasteiger partial charge >= 0.3 is 0 Å². The van der Waals surface area contributed by atoms with E-state index in [-0.39, 0.29) is 11.9 Å². The van der Waals surface area contributed by atoms with Crippen LogP contribution < -0.4 is 5.32 Å². The molecule has 2 atom stereocenters. The van der Waals surface area contributed by atoms with E-state index in [0.717, 1.165) is 51.9 Å². The second-order valence-electron chi connectivity index (χ2n) is 8.13. The maximum absolute atomic E-state index is 12.8. The maximum Gasteiger partial charge on any atom is 0.270 e. The fourth-order valence-electron chi connectivity index (χ4n) is 4.20. The zero-order valence-corrected chi connectivity index (χ0v) is 18.1. The number of carbonyl (C=O) groups is 1. The summed E-state index contributed by atoms with van der Waals surface area (Å²) in [5.74, 6) is -0.217. The van der Waals surface area contributed by atoms with E-state index in [4.69, 9.17) is 0 Å². The van der Waals surface area contributed by atoms with E-state index in [1.165, 1.54) is 0 Å². The van der Waals surface area contributed by atoms with Crippen molar-refractivity contribution in [2.75, 3.05) is 0 Å². The summed E-state index contributed by atoms with van der Waals surface area (Å²) in [6.07, 6.45) is 4.67. The van der Waals surface area contributed by atoms with Crippen LogP contribution >= 0.6 is 11.3 Å². The van der Waals surface area contributed by atoms with Crippen molar-refractivity contribution in [1.29, 1.82) is 0 Å². The summed E-state index contributed by atoms with van der Waals surface area (Å²) in [6, 6.07) is 14.0. The lowest BCUT2D eigenvalue weighted by atomic mass is 10.0. The average molecular weight is 433 g/mol. The molecule has 6 nitrogen and oxygen atoms in total. The molecule has 1 amide bonds. The lowest BCUT2D eigenvalue weighted by Gasteiger charge is -2.16. The van der Waals surface area contributed by atoms with Crippen molar-refractivity contribution in [3.8, 4) is 11.3 Å². The molecule has 0 spiro atoms. The number of carbonyl (C=O) groups excluding carboxylic acids is 1. The Hall–Kier alpha value is -3.03. The van der Waals surface area contributed by atoms with Crippen molar-refractivity contribution < 1.29 is 9.90 Å². The number of fused-ring (bicyclic) bond motifs is 1. The number of aromatic nitrogens is 3. The van der Waals surface area contributed by atoms with Gasteiger partial charge in [-0.15, -0.1) is 11.3 Å². The van der Waals surface area contributed by atoms with Crippen molar-refractivity contribution in [1.82, 2.24) is 20.1 Å². The number of nitrogens with one attached hydrogen (secondary N) is 1. The minimum Gasteiger partial charge on any atom is -0.391 e. The number of aliphatic hydroxyl groups is 1. The van der Waals surface area contributed by atoms with Crippen LogP contribution in [0.2, 0.25) is 0 Å². The molecule has 31 heavy (non-hydrogen) atoms. The van der Waals surface area contributed by atoms with Crippen LogP contribution in [0.4, 0.5) is 0 Å². The Morgan fingerprint density at radius 1 is 1.23 bits per heavy atom. The van der Waals surface area contributed by atoms with E-state index in [1.807, 2.05) is 36.8 Å². The highest BCUT2D eigenvalue weighted by atomic mass is 32.1. The molecule has 1 aliphatic rings. The molecule has 1 saturated carbocycles. The van der Waals surface area contributed by atoms with Crippen LogP contribution in [0.1, 0.15) is 40.9 Å². The molecule has 2 N–H and O–H groups in total. The summed E-state index contributed by atoms with van der Waals surface area (Å²) in [7, 11) is 1.91. The molecule has 5 rings (SSSR count). The third kappa shape index (κ3) is 4.11. The normalized spacial score (nSPS) is 18.5. The number of nitrogens with zero attached hydrogens (tertiary/aromatic N) is 3. The highest BCUT2D eigenvalue weighted by Crippen LogP contribution is 2.28. The number of aliphatic hydroxyl groups excluding tert-OH is 1. The Morgan fingerprint density at radius 2 is 2.06 bits per heavy atom. The molecule has 1 aliphatic carbocycles. The van der Waals surface area contributed by atoms with Crippen molar-refractivity contribution in [2.24, 2.45) is 7.05 Å². The predicted octanol–water partition coefficient (Wildman–Crippen LogP) is 3.93. The van der Waals surface area contributed by atoms with E-state index in [1.54, 1.807) is 16.0 Å². The standard InChI is InChI=1S/C24H24N4O2S/c1-28-11-9-18(27-28)16-7-5-15(6-8-16)13-17-14-21(25-20-10-12-31-23(17)20)24(30)26-19-3-2-4-22(19)29/h5-12,14,19,22,29H,2-4,13H2,1H3,(H,26,30)/t19-,22-/m0/s1. The molecule has 0 bridgehead atoms. The van der Waals surface area contributed by atoms with Crippen LogP contribution in [0.15, 0.2) is 54.0 Å². The van der Waals surface area contributed by atoms with Crippen molar-refractivity contribution in [3.63, 3.8) is 0 Å². The highest BCUT2D eigenvalue weighted by molar-refractivity contribution is 7.17. The molecule has 158 valence electrons.